The number of methoxy groups -OCH3 is 1. The minimum atomic E-state index is -3.52. The number of hydrogen-bond acceptors (Lipinski definition) is 4. The molecule has 0 amide bonds. The van der Waals surface area contributed by atoms with Crippen LogP contribution in [0.2, 0.25) is 5.02 Å². The van der Waals surface area contributed by atoms with Gasteiger partial charge in [-0.2, -0.15) is 0 Å². The standard InChI is InChI=1S/C15H25ClN2O3S/c1-4-18(5-2)11-7-6-10-17-22(19,20)13-8-9-15(21-3)14(16)12-13/h8-9,12,17H,4-7,10-11H2,1-3H3. The van der Waals surface area contributed by atoms with Crippen LogP contribution in [-0.2, 0) is 10.0 Å². The number of halogens is 1. The second-order valence-electron chi connectivity index (χ2n) is 4.93. The lowest BCUT2D eigenvalue weighted by Gasteiger charge is -2.17. The average molecular weight is 349 g/mol. The molecule has 1 N–H and O–H groups in total. The maximum Gasteiger partial charge on any atom is 0.240 e. The quantitative estimate of drug-likeness (QED) is 0.660. The molecule has 0 bridgehead atoms. The van der Waals surface area contributed by atoms with Gasteiger partial charge in [0.15, 0.2) is 0 Å². The monoisotopic (exact) mass is 348 g/mol. The van der Waals surface area contributed by atoms with Crippen molar-refractivity contribution < 1.29 is 13.2 Å². The summed E-state index contributed by atoms with van der Waals surface area (Å²) < 4.78 is 32.0. The molecule has 0 aliphatic heterocycles. The number of nitrogens with zero attached hydrogens (tertiary/aromatic N) is 1. The van der Waals surface area contributed by atoms with E-state index < -0.39 is 10.0 Å². The molecule has 0 radical (unpaired) electrons. The van der Waals surface area contributed by atoms with Crippen LogP contribution >= 0.6 is 11.6 Å². The number of sulfonamides is 1. The lowest BCUT2D eigenvalue weighted by Crippen LogP contribution is -2.27. The summed E-state index contributed by atoms with van der Waals surface area (Å²) in [6, 6.07) is 4.44. The molecule has 7 heteroatoms. The van der Waals surface area contributed by atoms with E-state index in [4.69, 9.17) is 16.3 Å². The number of unbranched alkanes of at least 4 members (excludes halogenated alkanes) is 1. The summed E-state index contributed by atoms with van der Waals surface area (Å²) in [6.45, 7) is 7.70. The largest absolute Gasteiger partial charge is 0.495 e. The van der Waals surface area contributed by atoms with Crippen molar-refractivity contribution in [3.8, 4) is 5.75 Å². The molecule has 126 valence electrons. The van der Waals surface area contributed by atoms with Gasteiger partial charge in [-0.15, -0.1) is 0 Å². The van der Waals surface area contributed by atoms with Crippen LogP contribution in [-0.4, -0.2) is 46.6 Å². The molecule has 0 saturated heterocycles. The fourth-order valence-electron chi connectivity index (χ4n) is 2.10. The lowest BCUT2D eigenvalue weighted by molar-refractivity contribution is 0.297. The van der Waals surface area contributed by atoms with Gasteiger partial charge in [0.1, 0.15) is 5.75 Å². The van der Waals surface area contributed by atoms with E-state index in [1.807, 2.05) is 0 Å². The van der Waals surface area contributed by atoms with Crippen LogP contribution in [0.3, 0.4) is 0 Å². The highest BCUT2D eigenvalue weighted by Crippen LogP contribution is 2.26. The van der Waals surface area contributed by atoms with Crippen molar-refractivity contribution in [1.29, 1.82) is 0 Å². The number of ether oxygens (including phenoxy) is 1. The summed E-state index contributed by atoms with van der Waals surface area (Å²) in [5.74, 6) is 0.458. The SMILES string of the molecule is CCN(CC)CCCCNS(=O)(=O)c1ccc(OC)c(Cl)c1. The van der Waals surface area contributed by atoms with Crippen molar-refractivity contribution in [2.45, 2.75) is 31.6 Å². The first-order valence-electron chi connectivity index (χ1n) is 7.50. The molecule has 1 rings (SSSR count). The minimum absolute atomic E-state index is 0.155. The third-order valence-corrected chi connectivity index (χ3v) is 5.28. The number of hydrogen-bond donors (Lipinski definition) is 1. The predicted molar refractivity (Wildman–Crippen MR) is 90.2 cm³/mol. The van der Waals surface area contributed by atoms with Crippen LogP contribution in [0.25, 0.3) is 0 Å². The lowest BCUT2D eigenvalue weighted by atomic mass is 10.3. The fourth-order valence-corrected chi connectivity index (χ4v) is 3.53. The predicted octanol–water partition coefficient (Wildman–Crippen LogP) is 2.75. The zero-order valence-electron chi connectivity index (χ0n) is 13.4. The molecule has 1 aromatic rings. The highest BCUT2D eigenvalue weighted by atomic mass is 35.5. The van der Waals surface area contributed by atoms with Gasteiger partial charge in [0.25, 0.3) is 0 Å². The molecule has 0 saturated carbocycles. The first-order chi connectivity index (χ1) is 10.4. The second-order valence-corrected chi connectivity index (χ2v) is 7.10. The highest BCUT2D eigenvalue weighted by molar-refractivity contribution is 7.89. The van der Waals surface area contributed by atoms with E-state index in [1.54, 1.807) is 6.07 Å². The molecule has 0 heterocycles. The molecule has 5 nitrogen and oxygen atoms in total. The van der Waals surface area contributed by atoms with E-state index in [2.05, 4.69) is 23.5 Å². The molecule has 22 heavy (non-hydrogen) atoms. The summed E-state index contributed by atoms with van der Waals surface area (Å²) in [4.78, 5) is 2.47. The first-order valence-corrected chi connectivity index (χ1v) is 9.36. The Kier molecular flexibility index (Phi) is 8.17. The van der Waals surface area contributed by atoms with Gasteiger partial charge in [-0.1, -0.05) is 25.4 Å². The molecule has 0 atom stereocenters. The van der Waals surface area contributed by atoms with Gasteiger partial charge in [-0.25, -0.2) is 13.1 Å². The Morgan fingerprint density at radius 1 is 1.23 bits per heavy atom. The van der Waals surface area contributed by atoms with E-state index in [0.717, 1.165) is 32.5 Å². The summed E-state index contributed by atoms with van der Waals surface area (Å²) in [5, 5.41) is 0.284. The molecule has 0 fully saturated rings. The van der Waals surface area contributed by atoms with E-state index in [9.17, 15) is 8.42 Å². The van der Waals surface area contributed by atoms with Gasteiger partial charge in [0, 0.05) is 6.54 Å². The third kappa shape index (κ3) is 5.76. The van der Waals surface area contributed by atoms with Crippen LogP contribution in [0.1, 0.15) is 26.7 Å². The number of rotatable bonds is 10. The third-order valence-electron chi connectivity index (χ3n) is 3.52. The van der Waals surface area contributed by atoms with Crippen molar-refractivity contribution in [3.05, 3.63) is 23.2 Å². The molecule has 0 aromatic heterocycles. The molecular weight excluding hydrogens is 324 g/mol. The Hall–Kier alpha value is -0.820. The van der Waals surface area contributed by atoms with Crippen molar-refractivity contribution in [2.75, 3.05) is 33.3 Å². The zero-order valence-corrected chi connectivity index (χ0v) is 15.0. The normalized spacial score (nSPS) is 11.9. The van der Waals surface area contributed by atoms with Gasteiger partial charge in [0.2, 0.25) is 10.0 Å². The topological polar surface area (TPSA) is 58.6 Å². The van der Waals surface area contributed by atoms with E-state index in [1.165, 1.54) is 19.2 Å². The molecule has 1 aromatic carbocycles. The Labute approximate surface area is 138 Å². The Morgan fingerprint density at radius 3 is 2.45 bits per heavy atom. The summed E-state index contributed by atoms with van der Waals surface area (Å²) in [7, 11) is -2.03. The second kappa shape index (κ2) is 9.35. The molecule has 0 unspecified atom stereocenters. The fraction of sp³-hybridized carbons (Fsp3) is 0.600. The molecule has 0 spiro atoms. The van der Waals surface area contributed by atoms with E-state index >= 15 is 0 Å². The van der Waals surface area contributed by atoms with Gasteiger partial charge < -0.3 is 9.64 Å². The Morgan fingerprint density at radius 2 is 1.91 bits per heavy atom. The number of nitrogens with one attached hydrogen (secondary N) is 1. The smallest absolute Gasteiger partial charge is 0.240 e. The Balaban J connectivity index is 2.49. The Bertz CT molecular complexity index is 560. The van der Waals surface area contributed by atoms with Crippen molar-refractivity contribution in [2.24, 2.45) is 0 Å². The van der Waals surface area contributed by atoms with Crippen molar-refractivity contribution >= 4 is 21.6 Å². The van der Waals surface area contributed by atoms with Gasteiger partial charge in [0.05, 0.1) is 17.0 Å². The van der Waals surface area contributed by atoms with Crippen molar-refractivity contribution in [3.63, 3.8) is 0 Å². The zero-order chi connectivity index (χ0) is 16.6. The van der Waals surface area contributed by atoms with Gasteiger partial charge in [-0.3, -0.25) is 0 Å². The first kappa shape index (κ1) is 19.2. The highest BCUT2D eigenvalue weighted by Gasteiger charge is 2.15. The van der Waals surface area contributed by atoms with Crippen LogP contribution in [0.15, 0.2) is 23.1 Å². The van der Waals surface area contributed by atoms with Gasteiger partial charge >= 0.3 is 0 Å². The van der Waals surface area contributed by atoms with Crippen molar-refractivity contribution in [1.82, 2.24) is 9.62 Å². The molecule has 0 aliphatic rings. The van der Waals surface area contributed by atoms with Crippen LogP contribution < -0.4 is 9.46 Å². The maximum absolute atomic E-state index is 12.2. The minimum Gasteiger partial charge on any atom is -0.495 e. The summed E-state index contributed by atoms with van der Waals surface area (Å²) in [6.07, 6.45) is 1.77. The maximum atomic E-state index is 12.2. The molecule has 0 aliphatic carbocycles. The van der Waals surface area contributed by atoms with E-state index in [-0.39, 0.29) is 9.92 Å². The van der Waals surface area contributed by atoms with Gasteiger partial charge in [-0.05, 0) is 50.7 Å². The summed E-state index contributed by atoms with van der Waals surface area (Å²) >= 11 is 5.96. The van der Waals surface area contributed by atoms with Crippen LogP contribution in [0.4, 0.5) is 0 Å². The summed E-state index contributed by atoms with van der Waals surface area (Å²) in [5.41, 5.74) is 0. The van der Waals surface area contributed by atoms with E-state index in [0.29, 0.717) is 12.3 Å². The average Bonchev–Trinajstić information content (AvgIpc) is 2.50. The molecular formula is C15H25ClN2O3S. The van der Waals surface area contributed by atoms with Crippen LogP contribution in [0.5, 0.6) is 5.75 Å². The van der Waals surface area contributed by atoms with Crippen LogP contribution in [0, 0.1) is 0 Å². The number of benzene rings is 1.